The summed E-state index contributed by atoms with van der Waals surface area (Å²) in [6, 6.07) is 11.3. The Bertz CT molecular complexity index is 753. The van der Waals surface area contributed by atoms with Gasteiger partial charge in [-0.3, -0.25) is 4.79 Å². The summed E-state index contributed by atoms with van der Waals surface area (Å²) in [4.78, 5) is 14.0. The van der Waals surface area contributed by atoms with Crippen LogP contribution < -0.4 is 10.2 Å². The summed E-state index contributed by atoms with van der Waals surface area (Å²) in [7, 11) is 0. The summed E-state index contributed by atoms with van der Waals surface area (Å²) in [5.41, 5.74) is 1.39. The third-order valence-corrected chi connectivity index (χ3v) is 6.75. The molecule has 1 aromatic heterocycles. The Morgan fingerprint density at radius 2 is 1.89 bits per heavy atom. The number of carbonyl (C=O) groups excluding carboxylic acids is 1. The molecule has 1 saturated carbocycles. The Hall–Kier alpha value is -1.93. The number of rotatable bonds is 7. The molecule has 1 aliphatic heterocycles. The average Bonchev–Trinajstić information content (AvgIpc) is 3.40. The summed E-state index contributed by atoms with van der Waals surface area (Å²) in [5, 5.41) is 16.0. The van der Waals surface area contributed by atoms with Crippen molar-refractivity contribution in [3.05, 3.63) is 35.9 Å². The summed E-state index contributed by atoms with van der Waals surface area (Å²) in [6.07, 6.45) is 6.82. The van der Waals surface area contributed by atoms with Crippen molar-refractivity contribution in [3.63, 3.8) is 0 Å². The van der Waals surface area contributed by atoms with Crippen LogP contribution in [-0.4, -0.2) is 51.0 Å². The number of amides is 1. The molecule has 150 valence electrons. The first-order valence-corrected chi connectivity index (χ1v) is 11.3. The molecule has 2 aromatic rings. The second-order valence-electron chi connectivity index (χ2n) is 7.89. The fraction of sp³-hybridized carbons (Fsp3) is 0.600. The number of nitrogens with zero attached hydrogens (tertiary/aromatic N) is 4. The van der Waals surface area contributed by atoms with E-state index in [1.54, 1.807) is 4.90 Å². The first-order valence-electron chi connectivity index (χ1n) is 10.4. The van der Waals surface area contributed by atoms with E-state index in [0.717, 1.165) is 50.5 Å². The van der Waals surface area contributed by atoms with Gasteiger partial charge in [0.25, 0.3) is 0 Å². The number of hydrogen-bond acceptors (Lipinski definition) is 5. The summed E-state index contributed by atoms with van der Waals surface area (Å²) >= 11 is 1.45. The van der Waals surface area contributed by atoms with Gasteiger partial charge in [0.2, 0.25) is 11.1 Å². The highest BCUT2D eigenvalue weighted by Crippen LogP contribution is 2.31. The van der Waals surface area contributed by atoms with Gasteiger partial charge in [0.05, 0.1) is 24.9 Å². The number of tetrazole rings is 1. The normalized spacial score (nSPS) is 23.0. The second kappa shape index (κ2) is 9.52. The molecule has 7 nitrogen and oxygen atoms in total. The molecular weight excluding hydrogens is 372 g/mol. The fourth-order valence-corrected chi connectivity index (χ4v) is 5.05. The molecule has 0 bridgehead atoms. The van der Waals surface area contributed by atoms with Gasteiger partial charge in [-0.05, 0) is 23.3 Å². The summed E-state index contributed by atoms with van der Waals surface area (Å²) in [5.74, 6) is 0.465. The van der Waals surface area contributed by atoms with Crippen molar-refractivity contribution in [3.8, 4) is 0 Å². The number of nitrogens with one attached hydrogen (secondary N) is 2. The number of carbonyl (C=O) groups is 1. The zero-order chi connectivity index (χ0) is 19.2. The van der Waals surface area contributed by atoms with Crippen LogP contribution in [0.25, 0.3) is 0 Å². The number of piperidine rings is 1. The SMILES string of the molecule is O=C(CSc1nnnn1C1CCCC1)NC1CC[NH+](Cc2ccccc2)CC1. The van der Waals surface area contributed by atoms with Crippen molar-refractivity contribution in [1.29, 1.82) is 0 Å². The van der Waals surface area contributed by atoms with E-state index in [4.69, 9.17) is 0 Å². The lowest BCUT2D eigenvalue weighted by atomic mass is 10.0. The van der Waals surface area contributed by atoms with Crippen LogP contribution in [0.4, 0.5) is 0 Å². The van der Waals surface area contributed by atoms with E-state index >= 15 is 0 Å². The van der Waals surface area contributed by atoms with Gasteiger partial charge in [-0.1, -0.05) is 54.9 Å². The smallest absolute Gasteiger partial charge is 0.230 e. The molecule has 8 heteroatoms. The zero-order valence-corrected chi connectivity index (χ0v) is 17.0. The molecule has 1 aromatic carbocycles. The number of quaternary nitrogens is 1. The van der Waals surface area contributed by atoms with Gasteiger partial charge in [-0.15, -0.1) is 5.10 Å². The van der Waals surface area contributed by atoms with Crippen LogP contribution in [0.3, 0.4) is 0 Å². The minimum Gasteiger partial charge on any atom is -0.352 e. The highest BCUT2D eigenvalue weighted by Gasteiger charge is 2.25. The largest absolute Gasteiger partial charge is 0.352 e. The third kappa shape index (κ3) is 5.11. The predicted molar refractivity (Wildman–Crippen MR) is 108 cm³/mol. The molecule has 1 amide bonds. The molecule has 1 saturated heterocycles. The molecular formula is C20H29N6OS+. The molecule has 2 heterocycles. The minimum absolute atomic E-state index is 0.0856. The van der Waals surface area contributed by atoms with Gasteiger partial charge in [-0.2, -0.15) is 0 Å². The maximum atomic E-state index is 12.4. The minimum atomic E-state index is 0.0856. The fourth-order valence-electron chi connectivity index (χ4n) is 4.29. The van der Waals surface area contributed by atoms with E-state index in [0.29, 0.717) is 17.8 Å². The van der Waals surface area contributed by atoms with E-state index in [1.165, 1.54) is 30.2 Å². The van der Waals surface area contributed by atoms with Crippen molar-refractivity contribution >= 4 is 17.7 Å². The molecule has 0 spiro atoms. The van der Waals surface area contributed by atoms with Gasteiger partial charge in [-0.25, -0.2) is 4.68 Å². The Kier molecular flexibility index (Phi) is 6.59. The summed E-state index contributed by atoms with van der Waals surface area (Å²) < 4.78 is 1.91. The average molecular weight is 402 g/mol. The van der Waals surface area contributed by atoms with Crippen molar-refractivity contribution in [2.75, 3.05) is 18.8 Å². The molecule has 2 N–H and O–H groups in total. The van der Waals surface area contributed by atoms with Crippen molar-refractivity contribution < 1.29 is 9.69 Å². The van der Waals surface area contributed by atoms with Crippen LogP contribution in [0.1, 0.15) is 50.1 Å². The topological polar surface area (TPSA) is 77.1 Å². The maximum absolute atomic E-state index is 12.4. The quantitative estimate of drug-likeness (QED) is 0.683. The van der Waals surface area contributed by atoms with Crippen molar-refractivity contribution in [1.82, 2.24) is 25.5 Å². The van der Waals surface area contributed by atoms with Crippen LogP contribution in [0.15, 0.2) is 35.5 Å². The number of thioether (sulfide) groups is 1. The predicted octanol–water partition coefficient (Wildman–Crippen LogP) is 1.24. The number of aromatic nitrogens is 4. The molecule has 0 radical (unpaired) electrons. The highest BCUT2D eigenvalue weighted by atomic mass is 32.2. The van der Waals surface area contributed by atoms with Crippen LogP contribution >= 0.6 is 11.8 Å². The van der Waals surface area contributed by atoms with Gasteiger partial charge < -0.3 is 10.2 Å². The Morgan fingerprint density at radius 1 is 1.14 bits per heavy atom. The van der Waals surface area contributed by atoms with Crippen LogP contribution in [0.2, 0.25) is 0 Å². The molecule has 4 rings (SSSR count). The Morgan fingerprint density at radius 3 is 2.64 bits per heavy atom. The molecule has 2 aliphatic rings. The van der Waals surface area contributed by atoms with Crippen LogP contribution in [-0.2, 0) is 11.3 Å². The molecule has 1 aliphatic carbocycles. The van der Waals surface area contributed by atoms with E-state index in [2.05, 4.69) is 51.2 Å². The molecule has 28 heavy (non-hydrogen) atoms. The van der Waals surface area contributed by atoms with E-state index in [-0.39, 0.29) is 5.91 Å². The highest BCUT2D eigenvalue weighted by molar-refractivity contribution is 7.99. The molecule has 2 fully saturated rings. The van der Waals surface area contributed by atoms with Gasteiger partial charge >= 0.3 is 0 Å². The van der Waals surface area contributed by atoms with Crippen LogP contribution in [0, 0.1) is 0 Å². The number of benzene rings is 1. The first-order chi connectivity index (χ1) is 13.8. The Balaban J connectivity index is 1.19. The zero-order valence-electron chi connectivity index (χ0n) is 16.2. The van der Waals surface area contributed by atoms with Crippen molar-refractivity contribution in [2.24, 2.45) is 0 Å². The monoisotopic (exact) mass is 401 g/mol. The Labute approximate surface area is 170 Å². The maximum Gasteiger partial charge on any atom is 0.230 e. The number of likely N-dealkylation sites (tertiary alicyclic amines) is 1. The van der Waals surface area contributed by atoms with Gasteiger partial charge in [0.15, 0.2) is 0 Å². The van der Waals surface area contributed by atoms with Crippen LogP contribution in [0.5, 0.6) is 0 Å². The molecule has 0 unspecified atom stereocenters. The lowest BCUT2D eigenvalue weighted by Gasteiger charge is -2.29. The lowest BCUT2D eigenvalue weighted by molar-refractivity contribution is -0.918. The second-order valence-corrected chi connectivity index (χ2v) is 8.83. The van der Waals surface area contributed by atoms with E-state index < -0.39 is 0 Å². The van der Waals surface area contributed by atoms with E-state index in [9.17, 15) is 4.79 Å². The van der Waals surface area contributed by atoms with Crippen molar-refractivity contribution in [2.45, 2.75) is 62.3 Å². The molecule has 0 atom stereocenters. The third-order valence-electron chi connectivity index (χ3n) is 5.82. The van der Waals surface area contributed by atoms with Gasteiger partial charge in [0, 0.05) is 24.4 Å². The van der Waals surface area contributed by atoms with Gasteiger partial charge in [0.1, 0.15) is 6.54 Å². The first kappa shape index (κ1) is 19.4. The lowest BCUT2D eigenvalue weighted by Crippen LogP contribution is -3.12. The number of hydrogen-bond donors (Lipinski definition) is 2. The standard InChI is InChI=1S/C20H28N6OS/c27-19(15-28-20-22-23-24-26(20)18-8-4-5-9-18)21-17-10-12-25(13-11-17)14-16-6-2-1-3-7-16/h1-3,6-7,17-18H,4-5,8-15H2,(H,21,27)/p+1. The van der Waals surface area contributed by atoms with E-state index in [1.807, 2.05) is 4.68 Å². The summed E-state index contributed by atoms with van der Waals surface area (Å²) in [6.45, 7) is 3.28.